The molecule has 0 aliphatic heterocycles. The van der Waals surface area contributed by atoms with Crippen molar-refractivity contribution in [2.24, 2.45) is 0 Å². The normalized spacial score (nSPS) is 13.6. The number of fused-ring (bicyclic) bond motifs is 1. The van der Waals surface area contributed by atoms with E-state index < -0.39 is 23.2 Å². The first kappa shape index (κ1) is 17.6. The van der Waals surface area contributed by atoms with Crippen LogP contribution in [-0.2, 0) is 11.2 Å². The fourth-order valence-corrected chi connectivity index (χ4v) is 4.05. The van der Waals surface area contributed by atoms with Gasteiger partial charge in [0.2, 0.25) is 0 Å². The first-order valence-corrected chi connectivity index (χ1v) is 8.96. The Morgan fingerprint density at radius 1 is 1.32 bits per heavy atom. The molecule has 1 aromatic carbocycles. The molecule has 5 nitrogen and oxygen atoms in total. The average molecular weight is 425 g/mol. The number of aromatic nitrogens is 1. The van der Waals surface area contributed by atoms with E-state index in [-0.39, 0.29) is 6.42 Å². The maximum absolute atomic E-state index is 13.0. The van der Waals surface area contributed by atoms with Gasteiger partial charge in [-0.2, -0.15) is 0 Å². The van der Waals surface area contributed by atoms with E-state index >= 15 is 0 Å². The lowest BCUT2D eigenvalue weighted by molar-refractivity contribution is -0.143. The van der Waals surface area contributed by atoms with Crippen LogP contribution in [0.5, 0.6) is 0 Å². The maximum Gasteiger partial charge on any atom is 0.329 e. The largest absolute Gasteiger partial charge is 0.480 e. The molecule has 0 saturated carbocycles. The van der Waals surface area contributed by atoms with E-state index in [1.54, 1.807) is 6.07 Å². The molecule has 8 heteroatoms. The summed E-state index contributed by atoms with van der Waals surface area (Å²) in [5, 5.41) is 12.1. The number of hydrogen-bond acceptors (Lipinski definition) is 3. The molecular weight excluding hydrogens is 411 g/mol. The van der Waals surface area contributed by atoms with Gasteiger partial charge in [0, 0.05) is 6.42 Å². The van der Waals surface area contributed by atoms with Gasteiger partial charge < -0.3 is 15.4 Å². The number of thiophene rings is 1. The van der Waals surface area contributed by atoms with Gasteiger partial charge in [0.25, 0.3) is 5.91 Å². The van der Waals surface area contributed by atoms with Crippen LogP contribution in [0.25, 0.3) is 10.2 Å². The van der Waals surface area contributed by atoms with Crippen LogP contribution in [0.3, 0.4) is 0 Å². The van der Waals surface area contributed by atoms with Crippen molar-refractivity contribution in [3.63, 3.8) is 0 Å². The Balaban J connectivity index is 1.82. The third kappa shape index (κ3) is 3.74. The highest BCUT2D eigenvalue weighted by atomic mass is 79.9. The fraction of sp³-hybridized carbons (Fsp3) is 0.176. The Labute approximate surface area is 155 Å². The van der Waals surface area contributed by atoms with E-state index in [9.17, 15) is 19.1 Å². The molecule has 0 radical (unpaired) electrons. The standard InChI is InChI=1S/C17H14BrFN2O3S/c1-17(16(23)24,8-9-2-4-10(19)5-3-9)21-15(22)12-6-13-11(20-12)7-14(18)25-13/h2-7,20H,8H2,1H3,(H,21,22)(H,23,24). The van der Waals surface area contributed by atoms with Gasteiger partial charge in [-0.3, -0.25) is 4.79 Å². The van der Waals surface area contributed by atoms with Crippen LogP contribution in [-0.4, -0.2) is 27.5 Å². The average Bonchev–Trinajstić information content (AvgIpc) is 3.06. The maximum atomic E-state index is 13.0. The molecule has 3 N–H and O–H groups in total. The van der Waals surface area contributed by atoms with E-state index in [1.807, 2.05) is 6.07 Å². The lowest BCUT2D eigenvalue weighted by Gasteiger charge is -2.26. The van der Waals surface area contributed by atoms with Crippen molar-refractivity contribution < 1.29 is 19.1 Å². The second kappa shape index (κ2) is 6.61. The van der Waals surface area contributed by atoms with Crippen molar-refractivity contribution >= 4 is 49.4 Å². The highest BCUT2D eigenvalue weighted by molar-refractivity contribution is 9.11. The third-order valence-corrected chi connectivity index (χ3v) is 5.44. The van der Waals surface area contributed by atoms with Gasteiger partial charge in [0.05, 0.1) is 14.0 Å². The Morgan fingerprint density at radius 3 is 2.60 bits per heavy atom. The van der Waals surface area contributed by atoms with Crippen molar-refractivity contribution in [1.82, 2.24) is 10.3 Å². The summed E-state index contributed by atoms with van der Waals surface area (Å²) in [6.07, 6.45) is 0.0367. The fourth-order valence-electron chi connectivity index (χ4n) is 2.52. The predicted octanol–water partition coefficient (Wildman–Crippen LogP) is 3.95. The van der Waals surface area contributed by atoms with Crippen molar-refractivity contribution in [3.8, 4) is 0 Å². The number of carboxylic acid groups (broad SMARTS) is 1. The molecule has 0 aliphatic carbocycles. The molecule has 0 bridgehead atoms. The molecule has 130 valence electrons. The summed E-state index contributed by atoms with van der Waals surface area (Å²) >= 11 is 4.84. The number of benzene rings is 1. The van der Waals surface area contributed by atoms with Gasteiger partial charge in [-0.1, -0.05) is 12.1 Å². The summed E-state index contributed by atoms with van der Waals surface area (Å²) in [6, 6.07) is 9.06. The van der Waals surface area contributed by atoms with Gasteiger partial charge in [-0.25, -0.2) is 9.18 Å². The van der Waals surface area contributed by atoms with Crippen molar-refractivity contribution in [1.29, 1.82) is 0 Å². The van der Waals surface area contributed by atoms with E-state index in [2.05, 4.69) is 26.2 Å². The molecule has 25 heavy (non-hydrogen) atoms. The molecule has 0 spiro atoms. The highest BCUT2D eigenvalue weighted by Crippen LogP contribution is 2.30. The van der Waals surface area contributed by atoms with E-state index in [0.29, 0.717) is 11.3 Å². The summed E-state index contributed by atoms with van der Waals surface area (Å²) in [6.45, 7) is 1.43. The summed E-state index contributed by atoms with van der Waals surface area (Å²) < 4.78 is 14.8. The van der Waals surface area contributed by atoms with Gasteiger partial charge in [0.15, 0.2) is 0 Å². The van der Waals surface area contributed by atoms with Crippen molar-refractivity contribution in [2.45, 2.75) is 18.9 Å². The number of H-pyrrole nitrogens is 1. The van der Waals surface area contributed by atoms with Gasteiger partial charge >= 0.3 is 5.97 Å². The number of aliphatic carboxylic acids is 1. The topological polar surface area (TPSA) is 82.2 Å². The minimum atomic E-state index is -1.52. The summed E-state index contributed by atoms with van der Waals surface area (Å²) in [5.41, 5.74) is 0.189. The zero-order valence-electron chi connectivity index (χ0n) is 13.1. The van der Waals surface area contributed by atoms with Crippen LogP contribution in [0.2, 0.25) is 0 Å². The molecule has 0 saturated heterocycles. The summed E-state index contributed by atoms with van der Waals surface area (Å²) in [7, 11) is 0. The Kier molecular flexibility index (Phi) is 4.66. The first-order chi connectivity index (χ1) is 11.8. The molecule has 2 aromatic heterocycles. The number of halogens is 2. The van der Waals surface area contributed by atoms with Crippen molar-refractivity contribution in [3.05, 3.63) is 57.3 Å². The molecule has 2 heterocycles. The minimum Gasteiger partial charge on any atom is -0.480 e. The summed E-state index contributed by atoms with van der Waals surface area (Å²) in [4.78, 5) is 27.2. The second-order valence-corrected chi connectivity index (χ2v) is 8.37. The zero-order chi connectivity index (χ0) is 18.2. The quantitative estimate of drug-likeness (QED) is 0.579. The van der Waals surface area contributed by atoms with Gasteiger partial charge in [-0.05, 0) is 52.7 Å². The SMILES string of the molecule is CC(Cc1ccc(F)cc1)(NC(=O)c1cc2sc(Br)cc2[nH]1)C(=O)O. The Hall–Kier alpha value is -2.19. The van der Waals surface area contributed by atoms with Crippen molar-refractivity contribution in [2.75, 3.05) is 0 Å². The molecule has 3 rings (SSSR count). The van der Waals surface area contributed by atoms with E-state index in [0.717, 1.165) is 14.0 Å². The smallest absolute Gasteiger partial charge is 0.329 e. The number of carbonyl (C=O) groups is 2. The lowest BCUT2D eigenvalue weighted by Crippen LogP contribution is -2.53. The minimum absolute atomic E-state index is 0.0367. The zero-order valence-corrected chi connectivity index (χ0v) is 15.5. The van der Waals surface area contributed by atoms with E-state index in [1.165, 1.54) is 42.5 Å². The lowest BCUT2D eigenvalue weighted by atomic mass is 9.92. The molecule has 3 aromatic rings. The molecule has 0 fully saturated rings. The number of nitrogens with one attached hydrogen (secondary N) is 2. The van der Waals surface area contributed by atoms with Crippen LogP contribution >= 0.6 is 27.3 Å². The number of amides is 1. The highest BCUT2D eigenvalue weighted by Gasteiger charge is 2.35. The van der Waals surface area contributed by atoms with Crippen LogP contribution in [0.4, 0.5) is 4.39 Å². The molecule has 1 amide bonds. The number of rotatable bonds is 5. The van der Waals surface area contributed by atoms with Crippen LogP contribution in [0.1, 0.15) is 23.0 Å². The second-order valence-electron chi connectivity index (χ2n) is 5.91. The van der Waals surface area contributed by atoms with Gasteiger partial charge in [0.1, 0.15) is 17.1 Å². The van der Waals surface area contributed by atoms with Gasteiger partial charge in [-0.15, -0.1) is 11.3 Å². The van der Waals surface area contributed by atoms with Crippen LogP contribution in [0.15, 0.2) is 40.2 Å². The predicted molar refractivity (Wildman–Crippen MR) is 97.5 cm³/mol. The summed E-state index contributed by atoms with van der Waals surface area (Å²) in [5.74, 6) is -2.07. The Morgan fingerprint density at radius 2 is 2.00 bits per heavy atom. The van der Waals surface area contributed by atoms with Crippen LogP contribution in [0, 0.1) is 5.82 Å². The van der Waals surface area contributed by atoms with Crippen LogP contribution < -0.4 is 5.32 Å². The molecule has 1 unspecified atom stereocenters. The number of aromatic amines is 1. The molecular formula is C17H14BrFN2O3S. The van der Waals surface area contributed by atoms with E-state index in [4.69, 9.17) is 0 Å². The molecule has 0 aliphatic rings. The number of carbonyl (C=O) groups excluding carboxylic acids is 1. The third-order valence-electron chi connectivity index (χ3n) is 3.85. The number of carboxylic acids is 1. The first-order valence-electron chi connectivity index (χ1n) is 7.35. The number of hydrogen-bond donors (Lipinski definition) is 3. The Bertz CT molecular complexity index is 919. The monoisotopic (exact) mass is 424 g/mol. The molecule has 1 atom stereocenters.